The Morgan fingerprint density at radius 1 is 1.00 bits per heavy atom. The summed E-state index contributed by atoms with van der Waals surface area (Å²) in [5.41, 5.74) is 6.09. The van der Waals surface area contributed by atoms with Crippen LogP contribution in [0.5, 0.6) is 28.7 Å². The molecule has 0 aromatic heterocycles. The van der Waals surface area contributed by atoms with Gasteiger partial charge in [-0.25, -0.2) is 0 Å². The lowest BCUT2D eigenvalue weighted by molar-refractivity contribution is -0.149. The minimum Gasteiger partial charge on any atom is -0.493 e. The lowest BCUT2D eigenvalue weighted by Crippen LogP contribution is -2.68. The fourth-order valence-electron chi connectivity index (χ4n) is 8.65. The average Bonchev–Trinajstić information content (AvgIpc) is 3.61. The predicted octanol–water partition coefficient (Wildman–Crippen LogP) is 4.90. The first kappa shape index (κ1) is 34.6. The van der Waals surface area contributed by atoms with Crippen molar-refractivity contribution in [3.8, 4) is 34.8 Å². The van der Waals surface area contributed by atoms with Gasteiger partial charge in [0.25, 0.3) is 0 Å². The molecule has 4 aliphatic rings. The second kappa shape index (κ2) is 14.1. The van der Waals surface area contributed by atoms with Gasteiger partial charge in [0.15, 0.2) is 29.8 Å². The molecule has 0 aliphatic carbocycles. The number of rotatable bonds is 10. The molecule has 1 saturated heterocycles. The molecule has 0 radical (unpaired) electrons. The molecule has 1 unspecified atom stereocenters. The second-order valence-electron chi connectivity index (χ2n) is 13.5. The van der Waals surface area contributed by atoms with Gasteiger partial charge in [-0.05, 0) is 56.8 Å². The van der Waals surface area contributed by atoms with Crippen molar-refractivity contribution in [2.75, 3.05) is 41.5 Å². The van der Waals surface area contributed by atoms with Crippen molar-refractivity contribution in [2.45, 2.75) is 76.7 Å². The van der Waals surface area contributed by atoms with Crippen molar-refractivity contribution >= 4 is 11.9 Å². The summed E-state index contributed by atoms with van der Waals surface area (Å²) in [6.45, 7) is 5.16. The summed E-state index contributed by atoms with van der Waals surface area (Å²) in [6.07, 6.45) is 1.71. The number of nitriles is 1. The van der Waals surface area contributed by atoms with E-state index in [1.807, 2.05) is 51.2 Å². The SMILES string of the molecule is COCOc1c(OC)c(C)cc2c1[C@@H]1C3Cc4c(OC(C)=O)c(C)c5c(c4[C@H](COC(=O)CCc4ccccc4)N3[C@@H](C#N)[C@H](C2)N1C)OCO5. The Morgan fingerprint density at radius 2 is 1.76 bits per heavy atom. The summed E-state index contributed by atoms with van der Waals surface area (Å²) in [5, 5.41) is 11.0. The van der Waals surface area contributed by atoms with Crippen LogP contribution < -0.4 is 23.7 Å². The molecule has 12 nitrogen and oxygen atoms in total. The lowest BCUT2D eigenvalue weighted by Gasteiger charge is -2.59. The van der Waals surface area contributed by atoms with Gasteiger partial charge in [0.1, 0.15) is 18.4 Å². The Balaban J connectivity index is 1.38. The number of piperazine rings is 1. The highest BCUT2D eigenvalue weighted by Crippen LogP contribution is 2.58. The highest BCUT2D eigenvalue weighted by Gasteiger charge is 2.57. The average molecular weight is 698 g/mol. The molecule has 0 amide bonds. The van der Waals surface area contributed by atoms with E-state index >= 15 is 0 Å². The molecule has 51 heavy (non-hydrogen) atoms. The third-order valence-electron chi connectivity index (χ3n) is 10.7. The molecule has 3 aromatic rings. The zero-order valence-corrected chi connectivity index (χ0v) is 29.8. The van der Waals surface area contributed by atoms with E-state index in [2.05, 4.69) is 21.9 Å². The van der Waals surface area contributed by atoms with E-state index in [1.54, 1.807) is 14.2 Å². The Morgan fingerprint density at radius 3 is 2.47 bits per heavy atom. The van der Waals surface area contributed by atoms with Crippen LogP contribution in [0, 0.1) is 25.2 Å². The third kappa shape index (κ3) is 5.93. The summed E-state index contributed by atoms with van der Waals surface area (Å²) in [6, 6.07) is 12.5. The fraction of sp³-hybridized carbons (Fsp3) is 0.462. The number of hydrogen-bond donors (Lipinski definition) is 0. The lowest BCUT2D eigenvalue weighted by atomic mass is 9.71. The summed E-state index contributed by atoms with van der Waals surface area (Å²) in [7, 11) is 5.24. The fourth-order valence-corrected chi connectivity index (χ4v) is 8.65. The number of aryl methyl sites for hydroxylation is 2. The van der Waals surface area contributed by atoms with Crippen LogP contribution in [0.3, 0.4) is 0 Å². The van der Waals surface area contributed by atoms with Crippen molar-refractivity contribution in [3.63, 3.8) is 0 Å². The molecule has 5 atom stereocenters. The number of fused-ring (bicyclic) bond motifs is 9. The number of likely N-dealkylation sites (N-methyl/N-ethyl adjacent to an activating group) is 1. The van der Waals surface area contributed by atoms with E-state index in [0.717, 1.165) is 27.8 Å². The Bertz CT molecular complexity index is 1890. The standard InChI is InChI=1S/C39H43N3O9/c1-21-14-25-15-27-29(17-40)42-28(34(41(27)4)32(25)38(35(21)46-6)48-19-45-5)16-26-33(39-37(49-20-50-39)22(2)36(26)51-23(3)43)30(42)18-47-31(44)13-12-24-10-8-7-9-11-24/h7-11,14,27-30,34H,12-13,15-16,18-20H2,1-6H3/t27-,28?,29-,30-,34-/m0/s1. The molecular weight excluding hydrogens is 654 g/mol. The first-order valence-electron chi connectivity index (χ1n) is 17.2. The molecule has 0 spiro atoms. The number of nitrogens with zero attached hydrogens (tertiary/aromatic N) is 3. The first-order chi connectivity index (χ1) is 24.7. The maximum atomic E-state index is 13.4. The summed E-state index contributed by atoms with van der Waals surface area (Å²) in [5.74, 6) is 1.78. The van der Waals surface area contributed by atoms with E-state index in [1.165, 1.54) is 6.92 Å². The monoisotopic (exact) mass is 697 g/mol. The van der Waals surface area contributed by atoms with Crippen LogP contribution in [0.25, 0.3) is 0 Å². The summed E-state index contributed by atoms with van der Waals surface area (Å²) in [4.78, 5) is 30.4. The van der Waals surface area contributed by atoms with Crippen molar-refractivity contribution in [2.24, 2.45) is 0 Å². The zero-order valence-electron chi connectivity index (χ0n) is 29.8. The largest absolute Gasteiger partial charge is 0.493 e. The smallest absolute Gasteiger partial charge is 0.308 e. The molecule has 2 bridgehead atoms. The molecule has 7 rings (SSSR count). The van der Waals surface area contributed by atoms with Gasteiger partial charge in [-0.1, -0.05) is 36.4 Å². The number of methoxy groups -OCH3 is 2. The van der Waals surface area contributed by atoms with E-state index in [9.17, 15) is 14.9 Å². The Hall–Kier alpha value is -4.83. The molecule has 1 fully saturated rings. The van der Waals surface area contributed by atoms with Gasteiger partial charge in [0.2, 0.25) is 6.79 Å². The van der Waals surface area contributed by atoms with Crippen molar-refractivity contribution in [3.05, 3.63) is 75.3 Å². The highest BCUT2D eigenvalue weighted by atomic mass is 16.7. The first-order valence-corrected chi connectivity index (χ1v) is 17.2. The Kier molecular flexibility index (Phi) is 9.54. The van der Waals surface area contributed by atoms with E-state index in [0.29, 0.717) is 59.1 Å². The molecule has 12 heteroatoms. The minimum atomic E-state index is -0.620. The van der Waals surface area contributed by atoms with Gasteiger partial charge in [0.05, 0.1) is 25.3 Å². The van der Waals surface area contributed by atoms with Crippen LogP contribution in [0.1, 0.15) is 64.4 Å². The zero-order chi connectivity index (χ0) is 36.0. The number of ether oxygens (including phenoxy) is 7. The normalized spacial score (nSPS) is 23.0. The number of esters is 2. The van der Waals surface area contributed by atoms with Gasteiger partial charge in [-0.15, -0.1) is 0 Å². The van der Waals surface area contributed by atoms with Gasteiger partial charge in [-0.3, -0.25) is 19.4 Å². The van der Waals surface area contributed by atoms with Crippen LogP contribution in [-0.2, 0) is 38.3 Å². The number of benzene rings is 3. The van der Waals surface area contributed by atoms with Crippen molar-refractivity contribution in [1.29, 1.82) is 5.26 Å². The maximum absolute atomic E-state index is 13.4. The van der Waals surface area contributed by atoms with E-state index < -0.39 is 18.1 Å². The molecule has 4 heterocycles. The van der Waals surface area contributed by atoms with E-state index in [-0.39, 0.29) is 50.7 Å². The number of carbonyl (C=O) groups is 2. The minimum absolute atomic E-state index is 0.0124. The van der Waals surface area contributed by atoms with Crippen molar-refractivity contribution < 1.29 is 42.7 Å². The maximum Gasteiger partial charge on any atom is 0.308 e. The molecule has 0 saturated carbocycles. The molecule has 3 aromatic carbocycles. The second-order valence-corrected chi connectivity index (χ2v) is 13.5. The molecule has 0 N–H and O–H groups in total. The summed E-state index contributed by atoms with van der Waals surface area (Å²) < 4.78 is 41.7. The number of carbonyl (C=O) groups excluding carboxylic acids is 2. The van der Waals surface area contributed by atoms with E-state index in [4.69, 9.17) is 33.2 Å². The van der Waals surface area contributed by atoms with Gasteiger partial charge in [0, 0.05) is 54.8 Å². The summed E-state index contributed by atoms with van der Waals surface area (Å²) >= 11 is 0. The van der Waals surface area contributed by atoms with Crippen molar-refractivity contribution in [1.82, 2.24) is 9.80 Å². The van der Waals surface area contributed by atoms with Gasteiger partial charge >= 0.3 is 11.9 Å². The Labute approximate surface area is 297 Å². The van der Waals surface area contributed by atoms with Gasteiger partial charge in [-0.2, -0.15) is 5.26 Å². The van der Waals surface area contributed by atoms with Crippen LogP contribution in [-0.4, -0.2) is 81.3 Å². The predicted molar refractivity (Wildman–Crippen MR) is 184 cm³/mol. The number of hydrogen-bond acceptors (Lipinski definition) is 12. The van der Waals surface area contributed by atoms with Crippen LogP contribution in [0.4, 0.5) is 0 Å². The third-order valence-corrected chi connectivity index (χ3v) is 10.7. The molecule has 4 aliphatic heterocycles. The van der Waals surface area contributed by atoms with Crippen LogP contribution in [0.2, 0.25) is 0 Å². The van der Waals surface area contributed by atoms with Gasteiger partial charge < -0.3 is 33.2 Å². The van der Waals surface area contributed by atoms with Crippen LogP contribution in [0.15, 0.2) is 36.4 Å². The molecule has 268 valence electrons. The topological polar surface area (TPSA) is 129 Å². The highest BCUT2D eigenvalue weighted by molar-refractivity contribution is 5.74. The van der Waals surface area contributed by atoms with Crippen LogP contribution >= 0.6 is 0 Å². The quantitative estimate of drug-likeness (QED) is 0.162. The molecular formula is C39H43N3O9.